The van der Waals surface area contributed by atoms with Gasteiger partial charge in [-0.15, -0.1) is 0 Å². The van der Waals surface area contributed by atoms with Crippen LogP contribution in [0.15, 0.2) is 24.3 Å². The largest absolute Gasteiger partial charge is 0.508 e. The van der Waals surface area contributed by atoms with Crippen LogP contribution in [-0.2, 0) is 4.79 Å². The van der Waals surface area contributed by atoms with Crippen molar-refractivity contribution in [2.75, 3.05) is 11.5 Å². The molecule has 1 aromatic rings. The molecule has 1 aliphatic rings. The number of phenolic OH excluding ortho intramolecular Hbond substituents is 1. The van der Waals surface area contributed by atoms with E-state index in [9.17, 15) is 9.90 Å². The minimum absolute atomic E-state index is 0.0274. The Balaban J connectivity index is 2.26. The zero-order chi connectivity index (χ0) is 10.8. The van der Waals surface area contributed by atoms with Crippen LogP contribution >= 0.6 is 11.8 Å². The summed E-state index contributed by atoms with van der Waals surface area (Å²) in [5.41, 5.74) is 0.924. The van der Waals surface area contributed by atoms with Crippen LogP contribution in [0, 0.1) is 5.92 Å². The number of hydrogen-bond acceptors (Lipinski definition) is 3. The van der Waals surface area contributed by atoms with E-state index >= 15 is 0 Å². The molecule has 4 heteroatoms. The standard InChI is InChI=1S/C11H12O3S/c12-8-3-1-2-7(4-8)9-5-15-6-10(9)11(13)14/h1-4,9-10,12H,5-6H2,(H,13,14). The molecule has 2 rings (SSSR count). The Bertz CT molecular complexity index is 378. The van der Waals surface area contributed by atoms with Crippen LogP contribution < -0.4 is 0 Å². The van der Waals surface area contributed by atoms with Gasteiger partial charge in [0.25, 0.3) is 0 Å². The van der Waals surface area contributed by atoms with Crippen LogP contribution in [0.3, 0.4) is 0 Å². The number of carboxylic acids is 1. The Hall–Kier alpha value is -1.16. The lowest BCUT2D eigenvalue weighted by atomic mass is 9.89. The van der Waals surface area contributed by atoms with Crippen molar-refractivity contribution in [3.63, 3.8) is 0 Å². The first-order chi connectivity index (χ1) is 7.18. The number of hydrogen-bond donors (Lipinski definition) is 2. The molecule has 2 N–H and O–H groups in total. The van der Waals surface area contributed by atoms with Crippen molar-refractivity contribution in [1.29, 1.82) is 0 Å². The molecule has 0 saturated carbocycles. The van der Waals surface area contributed by atoms with Gasteiger partial charge in [-0.25, -0.2) is 0 Å². The second-order valence-corrected chi connectivity index (χ2v) is 4.76. The Labute approximate surface area is 92.1 Å². The van der Waals surface area contributed by atoms with Crippen LogP contribution in [0.25, 0.3) is 0 Å². The highest BCUT2D eigenvalue weighted by Crippen LogP contribution is 2.38. The molecular weight excluding hydrogens is 212 g/mol. The normalized spacial score (nSPS) is 25.3. The number of carbonyl (C=O) groups is 1. The highest BCUT2D eigenvalue weighted by molar-refractivity contribution is 7.99. The monoisotopic (exact) mass is 224 g/mol. The van der Waals surface area contributed by atoms with Crippen LogP contribution in [0.4, 0.5) is 0 Å². The van der Waals surface area contributed by atoms with Crippen LogP contribution in [0.5, 0.6) is 5.75 Å². The van der Waals surface area contributed by atoms with E-state index < -0.39 is 5.97 Å². The molecular formula is C11H12O3S. The highest BCUT2D eigenvalue weighted by atomic mass is 32.2. The second-order valence-electron chi connectivity index (χ2n) is 3.68. The molecule has 0 radical (unpaired) electrons. The highest BCUT2D eigenvalue weighted by Gasteiger charge is 2.34. The van der Waals surface area contributed by atoms with E-state index in [0.717, 1.165) is 11.3 Å². The zero-order valence-electron chi connectivity index (χ0n) is 8.09. The lowest BCUT2D eigenvalue weighted by Gasteiger charge is -2.15. The molecule has 15 heavy (non-hydrogen) atoms. The van der Waals surface area contributed by atoms with E-state index in [1.54, 1.807) is 30.0 Å². The molecule has 0 spiro atoms. The first-order valence-corrected chi connectivity index (χ1v) is 5.93. The third-order valence-corrected chi connectivity index (χ3v) is 3.89. The molecule has 3 nitrogen and oxygen atoms in total. The molecule has 1 heterocycles. The van der Waals surface area contributed by atoms with Crippen molar-refractivity contribution in [2.24, 2.45) is 5.92 Å². The SMILES string of the molecule is O=C(O)C1CSCC1c1cccc(O)c1. The van der Waals surface area contributed by atoms with Gasteiger partial charge in [-0.2, -0.15) is 11.8 Å². The summed E-state index contributed by atoms with van der Waals surface area (Å²) in [5.74, 6) is 0.647. The molecule has 0 aromatic heterocycles. The lowest BCUT2D eigenvalue weighted by Crippen LogP contribution is -2.20. The van der Waals surface area contributed by atoms with Crippen LogP contribution in [-0.4, -0.2) is 27.7 Å². The van der Waals surface area contributed by atoms with Gasteiger partial charge in [-0.3, -0.25) is 4.79 Å². The number of carboxylic acid groups (broad SMARTS) is 1. The Morgan fingerprint density at radius 3 is 2.87 bits per heavy atom. The first-order valence-electron chi connectivity index (χ1n) is 4.78. The number of benzene rings is 1. The van der Waals surface area contributed by atoms with Crippen molar-refractivity contribution in [2.45, 2.75) is 5.92 Å². The maximum absolute atomic E-state index is 11.0. The van der Waals surface area contributed by atoms with Gasteiger partial charge in [0, 0.05) is 17.4 Å². The minimum atomic E-state index is -0.742. The van der Waals surface area contributed by atoms with Gasteiger partial charge < -0.3 is 10.2 Å². The van der Waals surface area contributed by atoms with Gasteiger partial charge >= 0.3 is 5.97 Å². The summed E-state index contributed by atoms with van der Waals surface area (Å²) in [6.07, 6.45) is 0. The summed E-state index contributed by atoms with van der Waals surface area (Å²) < 4.78 is 0. The summed E-state index contributed by atoms with van der Waals surface area (Å²) in [4.78, 5) is 11.0. The summed E-state index contributed by atoms with van der Waals surface area (Å²) in [7, 11) is 0. The average molecular weight is 224 g/mol. The van der Waals surface area contributed by atoms with E-state index in [1.165, 1.54) is 0 Å². The summed E-state index contributed by atoms with van der Waals surface area (Å²) in [5, 5.41) is 18.4. The van der Waals surface area contributed by atoms with E-state index in [0.29, 0.717) is 5.75 Å². The van der Waals surface area contributed by atoms with E-state index in [-0.39, 0.29) is 17.6 Å². The molecule has 2 unspecified atom stereocenters. The van der Waals surface area contributed by atoms with Crippen LogP contribution in [0.1, 0.15) is 11.5 Å². The summed E-state index contributed by atoms with van der Waals surface area (Å²) in [6.45, 7) is 0. The van der Waals surface area contributed by atoms with Crippen molar-refractivity contribution < 1.29 is 15.0 Å². The van der Waals surface area contributed by atoms with E-state index in [4.69, 9.17) is 5.11 Å². The average Bonchev–Trinajstić information content (AvgIpc) is 2.65. The fraction of sp³-hybridized carbons (Fsp3) is 0.364. The van der Waals surface area contributed by atoms with E-state index in [2.05, 4.69) is 0 Å². The Kier molecular flexibility index (Phi) is 2.86. The molecule has 1 fully saturated rings. The topological polar surface area (TPSA) is 57.5 Å². The fourth-order valence-corrected chi connectivity index (χ4v) is 3.33. The van der Waals surface area contributed by atoms with Crippen molar-refractivity contribution in [3.8, 4) is 5.75 Å². The second kappa shape index (κ2) is 4.14. The lowest BCUT2D eigenvalue weighted by molar-refractivity contribution is -0.141. The van der Waals surface area contributed by atoms with Gasteiger partial charge in [0.15, 0.2) is 0 Å². The predicted octanol–water partition coefficient (Wildman–Crippen LogP) is 1.92. The smallest absolute Gasteiger partial charge is 0.307 e. The number of phenols is 1. The van der Waals surface area contributed by atoms with Gasteiger partial charge in [-0.05, 0) is 17.7 Å². The van der Waals surface area contributed by atoms with E-state index in [1.807, 2.05) is 6.07 Å². The quantitative estimate of drug-likeness (QED) is 0.805. The summed E-state index contributed by atoms with van der Waals surface area (Å²) in [6, 6.07) is 6.90. The molecule has 1 saturated heterocycles. The third-order valence-electron chi connectivity index (χ3n) is 2.70. The molecule has 1 aliphatic heterocycles. The molecule has 2 atom stereocenters. The Morgan fingerprint density at radius 2 is 2.20 bits per heavy atom. The number of thioether (sulfide) groups is 1. The maximum atomic E-state index is 11.0. The zero-order valence-corrected chi connectivity index (χ0v) is 8.91. The Morgan fingerprint density at radius 1 is 1.40 bits per heavy atom. The maximum Gasteiger partial charge on any atom is 0.307 e. The fourth-order valence-electron chi connectivity index (χ4n) is 1.88. The van der Waals surface area contributed by atoms with Gasteiger partial charge in [0.1, 0.15) is 5.75 Å². The molecule has 1 aromatic carbocycles. The predicted molar refractivity (Wildman–Crippen MR) is 59.3 cm³/mol. The van der Waals surface area contributed by atoms with Crippen molar-refractivity contribution in [3.05, 3.63) is 29.8 Å². The van der Waals surface area contributed by atoms with Gasteiger partial charge in [0.05, 0.1) is 5.92 Å². The van der Waals surface area contributed by atoms with Crippen molar-refractivity contribution in [1.82, 2.24) is 0 Å². The first kappa shape index (κ1) is 10.4. The van der Waals surface area contributed by atoms with Crippen LogP contribution in [0.2, 0.25) is 0 Å². The third kappa shape index (κ3) is 2.09. The van der Waals surface area contributed by atoms with Gasteiger partial charge in [-0.1, -0.05) is 12.1 Å². The number of aliphatic carboxylic acids is 1. The number of aromatic hydroxyl groups is 1. The molecule has 0 aliphatic carbocycles. The molecule has 80 valence electrons. The van der Waals surface area contributed by atoms with Gasteiger partial charge in [0.2, 0.25) is 0 Å². The van der Waals surface area contributed by atoms with Crippen molar-refractivity contribution >= 4 is 17.7 Å². The number of rotatable bonds is 2. The minimum Gasteiger partial charge on any atom is -0.508 e. The molecule has 0 amide bonds. The molecule has 0 bridgehead atoms. The summed E-state index contributed by atoms with van der Waals surface area (Å²) >= 11 is 1.66.